The maximum absolute atomic E-state index is 12.7. The van der Waals surface area contributed by atoms with Gasteiger partial charge in [0.15, 0.2) is 0 Å². The van der Waals surface area contributed by atoms with Crippen molar-refractivity contribution in [3.63, 3.8) is 0 Å². The molecule has 2 unspecified atom stereocenters. The average Bonchev–Trinajstić information content (AvgIpc) is 3.07. The van der Waals surface area contributed by atoms with Gasteiger partial charge in [-0.1, -0.05) is 27.5 Å². The van der Waals surface area contributed by atoms with Crippen LogP contribution in [0.25, 0.3) is 0 Å². The first-order valence-electron chi connectivity index (χ1n) is 7.15. The van der Waals surface area contributed by atoms with Crippen LogP contribution in [0.15, 0.2) is 22.7 Å². The quantitative estimate of drug-likeness (QED) is 0.879. The van der Waals surface area contributed by atoms with E-state index in [1.807, 2.05) is 11.0 Å². The summed E-state index contributed by atoms with van der Waals surface area (Å²) in [5.41, 5.74) is 0.675. The van der Waals surface area contributed by atoms with E-state index in [1.54, 1.807) is 12.1 Å². The van der Waals surface area contributed by atoms with Gasteiger partial charge >= 0.3 is 0 Å². The molecule has 2 fully saturated rings. The van der Waals surface area contributed by atoms with Crippen molar-refractivity contribution in [3.05, 3.63) is 33.3 Å². The van der Waals surface area contributed by atoms with Crippen LogP contribution in [0.3, 0.4) is 0 Å². The Morgan fingerprint density at radius 1 is 1.30 bits per heavy atom. The number of halogens is 2. The molecule has 0 aliphatic carbocycles. The van der Waals surface area contributed by atoms with E-state index in [2.05, 4.69) is 21.2 Å². The summed E-state index contributed by atoms with van der Waals surface area (Å²) in [4.78, 5) is 14.8. The van der Waals surface area contributed by atoms with Gasteiger partial charge in [-0.05, 0) is 50.4 Å². The molecule has 0 spiro atoms. The molecular formula is C15H18BrClN2O. The molecule has 1 N–H and O–H groups in total. The Bertz CT molecular complexity index is 496. The zero-order chi connectivity index (χ0) is 14.1. The van der Waals surface area contributed by atoms with E-state index in [9.17, 15) is 4.79 Å². The van der Waals surface area contributed by atoms with Gasteiger partial charge in [0.2, 0.25) is 0 Å². The molecule has 1 aromatic carbocycles. The van der Waals surface area contributed by atoms with Crippen molar-refractivity contribution in [1.82, 2.24) is 10.2 Å². The van der Waals surface area contributed by atoms with Gasteiger partial charge in [0.25, 0.3) is 5.91 Å². The second kappa shape index (κ2) is 6.04. The molecular weight excluding hydrogens is 340 g/mol. The van der Waals surface area contributed by atoms with Gasteiger partial charge in [0.1, 0.15) is 0 Å². The highest BCUT2D eigenvalue weighted by molar-refractivity contribution is 9.10. The fourth-order valence-electron chi connectivity index (χ4n) is 3.35. The van der Waals surface area contributed by atoms with Gasteiger partial charge < -0.3 is 10.2 Å². The van der Waals surface area contributed by atoms with E-state index in [1.165, 1.54) is 12.8 Å². The Balaban J connectivity index is 1.81. The molecule has 0 aromatic heterocycles. The summed E-state index contributed by atoms with van der Waals surface area (Å²) in [6.45, 7) is 1.93. The molecule has 0 radical (unpaired) electrons. The molecule has 0 bridgehead atoms. The van der Waals surface area contributed by atoms with E-state index in [0.29, 0.717) is 22.7 Å². The molecule has 2 atom stereocenters. The Morgan fingerprint density at radius 2 is 2.15 bits per heavy atom. The summed E-state index contributed by atoms with van der Waals surface area (Å²) in [6.07, 6.45) is 4.58. The average molecular weight is 358 g/mol. The third kappa shape index (κ3) is 2.87. The second-order valence-electron chi connectivity index (χ2n) is 5.57. The highest BCUT2D eigenvalue weighted by Gasteiger charge is 2.36. The maximum Gasteiger partial charge on any atom is 0.254 e. The molecule has 1 aromatic rings. The highest BCUT2D eigenvalue weighted by atomic mass is 79.9. The SMILES string of the molecule is O=C(c1cc(Cl)cc(Br)c1)N1CCCC1C1CCCN1. The summed E-state index contributed by atoms with van der Waals surface area (Å²) in [7, 11) is 0. The molecule has 2 aliphatic rings. The topological polar surface area (TPSA) is 32.3 Å². The van der Waals surface area contributed by atoms with E-state index < -0.39 is 0 Å². The standard InChI is InChI=1S/C15H18BrClN2O/c16-11-7-10(8-12(17)9-11)15(20)19-6-2-4-14(19)13-3-1-5-18-13/h7-9,13-14,18H,1-6H2. The van der Waals surface area contributed by atoms with Crippen LogP contribution in [-0.4, -0.2) is 36.0 Å². The fraction of sp³-hybridized carbons (Fsp3) is 0.533. The lowest BCUT2D eigenvalue weighted by Gasteiger charge is -2.29. The van der Waals surface area contributed by atoms with Crippen molar-refractivity contribution in [3.8, 4) is 0 Å². The third-order valence-electron chi connectivity index (χ3n) is 4.23. The lowest BCUT2D eigenvalue weighted by Crippen LogP contribution is -2.46. The Morgan fingerprint density at radius 3 is 2.85 bits per heavy atom. The largest absolute Gasteiger partial charge is 0.334 e. The Kier molecular flexibility index (Phi) is 4.34. The van der Waals surface area contributed by atoms with E-state index >= 15 is 0 Å². The number of carbonyl (C=O) groups is 1. The number of nitrogens with one attached hydrogen (secondary N) is 1. The molecule has 0 saturated carbocycles. The number of likely N-dealkylation sites (tertiary alicyclic amines) is 1. The molecule has 3 nitrogen and oxygen atoms in total. The van der Waals surface area contributed by atoms with Gasteiger partial charge in [-0.3, -0.25) is 4.79 Å². The minimum absolute atomic E-state index is 0.101. The summed E-state index contributed by atoms with van der Waals surface area (Å²) >= 11 is 9.46. The van der Waals surface area contributed by atoms with Gasteiger partial charge in [0.05, 0.1) is 0 Å². The molecule has 2 heterocycles. The summed E-state index contributed by atoms with van der Waals surface area (Å²) in [5, 5.41) is 4.12. The summed E-state index contributed by atoms with van der Waals surface area (Å²) in [5.74, 6) is 0.101. The number of benzene rings is 1. The predicted molar refractivity (Wildman–Crippen MR) is 84.2 cm³/mol. The molecule has 3 rings (SSSR count). The predicted octanol–water partition coefficient (Wildman–Crippen LogP) is 3.46. The van der Waals surface area contributed by atoms with Gasteiger partial charge in [-0.25, -0.2) is 0 Å². The first kappa shape index (κ1) is 14.4. The van der Waals surface area contributed by atoms with E-state index in [4.69, 9.17) is 11.6 Å². The minimum atomic E-state index is 0.101. The summed E-state index contributed by atoms with van der Waals surface area (Å²) < 4.78 is 0.850. The highest BCUT2D eigenvalue weighted by Crippen LogP contribution is 2.28. The van der Waals surface area contributed by atoms with Crippen LogP contribution in [0.1, 0.15) is 36.0 Å². The maximum atomic E-state index is 12.7. The molecule has 5 heteroatoms. The normalized spacial score (nSPS) is 26.2. The van der Waals surface area contributed by atoms with E-state index in [0.717, 1.165) is 30.4 Å². The first-order valence-corrected chi connectivity index (χ1v) is 8.33. The van der Waals surface area contributed by atoms with Crippen LogP contribution < -0.4 is 5.32 Å². The molecule has 2 saturated heterocycles. The van der Waals surface area contributed by atoms with Crippen LogP contribution in [0.2, 0.25) is 5.02 Å². The van der Waals surface area contributed by atoms with E-state index in [-0.39, 0.29) is 5.91 Å². The zero-order valence-electron chi connectivity index (χ0n) is 11.2. The fourth-order valence-corrected chi connectivity index (χ4v) is 4.21. The number of rotatable bonds is 2. The number of hydrogen-bond acceptors (Lipinski definition) is 2. The number of amides is 1. The zero-order valence-corrected chi connectivity index (χ0v) is 13.6. The molecule has 108 valence electrons. The van der Waals surface area contributed by atoms with Crippen LogP contribution in [0.5, 0.6) is 0 Å². The Labute approximate surface area is 132 Å². The minimum Gasteiger partial charge on any atom is -0.334 e. The molecule has 20 heavy (non-hydrogen) atoms. The second-order valence-corrected chi connectivity index (χ2v) is 6.92. The number of hydrogen-bond donors (Lipinski definition) is 1. The third-order valence-corrected chi connectivity index (χ3v) is 4.91. The van der Waals surface area contributed by atoms with Gasteiger partial charge in [-0.15, -0.1) is 0 Å². The summed E-state index contributed by atoms with van der Waals surface area (Å²) in [6, 6.07) is 6.21. The van der Waals surface area contributed by atoms with Crippen molar-refractivity contribution >= 4 is 33.4 Å². The number of carbonyl (C=O) groups excluding carboxylic acids is 1. The van der Waals surface area contributed by atoms with Crippen LogP contribution in [0, 0.1) is 0 Å². The smallest absolute Gasteiger partial charge is 0.254 e. The van der Waals surface area contributed by atoms with Crippen molar-refractivity contribution in [2.75, 3.05) is 13.1 Å². The van der Waals surface area contributed by atoms with Gasteiger partial charge in [-0.2, -0.15) is 0 Å². The van der Waals surface area contributed by atoms with Crippen molar-refractivity contribution in [2.24, 2.45) is 0 Å². The van der Waals surface area contributed by atoms with Crippen molar-refractivity contribution in [1.29, 1.82) is 0 Å². The Hall–Kier alpha value is -0.580. The van der Waals surface area contributed by atoms with Crippen LogP contribution in [0.4, 0.5) is 0 Å². The van der Waals surface area contributed by atoms with Crippen molar-refractivity contribution in [2.45, 2.75) is 37.8 Å². The molecule has 1 amide bonds. The lowest BCUT2D eigenvalue weighted by molar-refractivity contribution is 0.0711. The van der Waals surface area contributed by atoms with Crippen molar-refractivity contribution < 1.29 is 4.79 Å². The van der Waals surface area contributed by atoms with Gasteiger partial charge in [0, 0.05) is 33.7 Å². The monoisotopic (exact) mass is 356 g/mol. The van der Waals surface area contributed by atoms with Crippen LogP contribution in [-0.2, 0) is 0 Å². The lowest BCUT2D eigenvalue weighted by atomic mass is 10.0. The number of nitrogens with zero attached hydrogens (tertiary/aromatic N) is 1. The molecule has 2 aliphatic heterocycles. The first-order chi connectivity index (χ1) is 9.65. The van der Waals surface area contributed by atoms with Crippen LogP contribution >= 0.6 is 27.5 Å².